The highest BCUT2D eigenvalue weighted by Gasteiger charge is 2.25. The van der Waals surface area contributed by atoms with E-state index in [2.05, 4.69) is 44.8 Å². The van der Waals surface area contributed by atoms with Crippen molar-refractivity contribution in [2.45, 2.75) is 52.5 Å². The Morgan fingerprint density at radius 3 is 2.36 bits per heavy atom. The zero-order chi connectivity index (χ0) is 10.9. The minimum Gasteiger partial charge on any atom is -0.299 e. The van der Waals surface area contributed by atoms with Crippen molar-refractivity contribution in [1.29, 1.82) is 0 Å². The van der Waals surface area contributed by atoms with Gasteiger partial charge < -0.3 is 0 Å². The summed E-state index contributed by atoms with van der Waals surface area (Å²) in [6.07, 6.45) is 1.03. The molecule has 80 valence electrons. The molecule has 0 radical (unpaired) electrons. The summed E-state index contributed by atoms with van der Waals surface area (Å²) in [5, 5.41) is 8.56. The molecule has 0 saturated carbocycles. The Morgan fingerprint density at radius 2 is 1.93 bits per heavy atom. The van der Waals surface area contributed by atoms with Crippen LogP contribution < -0.4 is 0 Å². The number of aromatic nitrogens is 3. The van der Waals surface area contributed by atoms with Crippen LogP contribution in [0.5, 0.6) is 0 Å². The average Bonchev–Trinajstić information content (AvgIpc) is 2.45. The van der Waals surface area contributed by atoms with Crippen molar-refractivity contribution in [3.05, 3.63) is 11.1 Å². The first-order chi connectivity index (χ1) is 6.38. The predicted octanol–water partition coefficient (Wildman–Crippen LogP) is 3.20. The number of nitrogens with zero attached hydrogens (tertiary/aromatic N) is 3. The lowest BCUT2D eigenvalue weighted by Gasteiger charge is -2.22. The monoisotopic (exact) mass is 215 g/mol. The van der Waals surface area contributed by atoms with Crippen molar-refractivity contribution in [3.63, 3.8) is 0 Å². The van der Waals surface area contributed by atoms with Crippen LogP contribution in [0.2, 0.25) is 5.28 Å². The van der Waals surface area contributed by atoms with Gasteiger partial charge in [0.15, 0.2) is 0 Å². The molecular weight excluding hydrogens is 198 g/mol. The van der Waals surface area contributed by atoms with Gasteiger partial charge >= 0.3 is 0 Å². The van der Waals surface area contributed by atoms with Crippen LogP contribution in [-0.4, -0.2) is 14.8 Å². The quantitative estimate of drug-likeness (QED) is 0.759. The second-order valence-electron chi connectivity index (χ2n) is 4.67. The van der Waals surface area contributed by atoms with Gasteiger partial charge in [-0.15, -0.1) is 10.2 Å². The van der Waals surface area contributed by atoms with Gasteiger partial charge in [0.1, 0.15) is 5.82 Å². The molecule has 1 aromatic rings. The smallest absolute Gasteiger partial charge is 0.225 e. The Balaban J connectivity index is 3.19. The van der Waals surface area contributed by atoms with E-state index < -0.39 is 0 Å². The molecule has 1 heterocycles. The third-order valence-electron chi connectivity index (χ3n) is 2.36. The largest absolute Gasteiger partial charge is 0.299 e. The van der Waals surface area contributed by atoms with Crippen LogP contribution in [0.25, 0.3) is 0 Å². The van der Waals surface area contributed by atoms with E-state index in [1.807, 2.05) is 4.57 Å². The lowest BCUT2D eigenvalue weighted by molar-refractivity contribution is 0.444. The van der Waals surface area contributed by atoms with Crippen LogP contribution >= 0.6 is 11.6 Å². The minimum atomic E-state index is -0.0103. The van der Waals surface area contributed by atoms with E-state index in [0.717, 1.165) is 12.2 Å². The molecule has 1 atom stereocenters. The first kappa shape index (κ1) is 11.5. The Morgan fingerprint density at radius 1 is 1.36 bits per heavy atom. The minimum absolute atomic E-state index is 0.0103. The number of hydrogen-bond acceptors (Lipinski definition) is 2. The normalized spacial score (nSPS) is 14.4. The van der Waals surface area contributed by atoms with Crippen molar-refractivity contribution in [2.24, 2.45) is 0 Å². The van der Waals surface area contributed by atoms with Gasteiger partial charge in [0.05, 0.1) is 0 Å². The Hall–Kier alpha value is -0.570. The maximum atomic E-state index is 6.01. The van der Waals surface area contributed by atoms with Gasteiger partial charge in [-0.25, -0.2) is 0 Å². The highest BCUT2D eigenvalue weighted by molar-refractivity contribution is 6.28. The summed E-state index contributed by atoms with van der Waals surface area (Å²) in [6.45, 7) is 10.6. The molecule has 1 rings (SSSR count). The van der Waals surface area contributed by atoms with E-state index in [1.165, 1.54) is 0 Å². The lowest BCUT2D eigenvalue weighted by Crippen LogP contribution is -2.21. The van der Waals surface area contributed by atoms with E-state index in [9.17, 15) is 0 Å². The molecule has 1 aromatic heterocycles. The van der Waals surface area contributed by atoms with Crippen LogP contribution in [0.4, 0.5) is 0 Å². The van der Waals surface area contributed by atoms with Crippen LogP contribution in [0.15, 0.2) is 0 Å². The molecule has 0 aromatic carbocycles. The topological polar surface area (TPSA) is 30.7 Å². The molecule has 1 unspecified atom stereocenters. The van der Waals surface area contributed by atoms with Crippen molar-refractivity contribution in [2.75, 3.05) is 0 Å². The molecule has 0 aliphatic carbocycles. The molecule has 0 N–H and O–H groups in total. The molecule has 0 spiro atoms. The van der Waals surface area contributed by atoms with Gasteiger partial charge in [-0.05, 0) is 24.9 Å². The second-order valence-corrected chi connectivity index (χ2v) is 5.01. The summed E-state index contributed by atoms with van der Waals surface area (Å²) in [5.41, 5.74) is -0.0103. The van der Waals surface area contributed by atoms with Crippen molar-refractivity contribution < 1.29 is 0 Å². The fourth-order valence-electron chi connectivity index (χ4n) is 1.36. The van der Waals surface area contributed by atoms with E-state index in [-0.39, 0.29) is 5.41 Å². The Kier molecular flexibility index (Phi) is 3.20. The third kappa shape index (κ3) is 2.08. The maximum Gasteiger partial charge on any atom is 0.225 e. The molecule has 3 nitrogen and oxygen atoms in total. The summed E-state index contributed by atoms with van der Waals surface area (Å²) in [7, 11) is 0. The van der Waals surface area contributed by atoms with Crippen LogP contribution in [0.1, 0.15) is 52.9 Å². The van der Waals surface area contributed by atoms with Gasteiger partial charge in [-0.3, -0.25) is 4.57 Å². The van der Waals surface area contributed by atoms with Crippen LogP contribution in [0.3, 0.4) is 0 Å². The first-order valence-corrected chi connectivity index (χ1v) is 5.36. The summed E-state index contributed by atoms with van der Waals surface area (Å²) >= 11 is 6.01. The van der Waals surface area contributed by atoms with Crippen molar-refractivity contribution >= 4 is 11.6 Å². The summed E-state index contributed by atoms with van der Waals surface area (Å²) in [4.78, 5) is 0. The van der Waals surface area contributed by atoms with Gasteiger partial charge in [0.2, 0.25) is 5.28 Å². The van der Waals surface area contributed by atoms with E-state index in [4.69, 9.17) is 11.6 Å². The fraction of sp³-hybridized carbons (Fsp3) is 0.800. The SMILES string of the molecule is CCC(C)n1c(Cl)nnc1C(C)(C)C. The highest BCUT2D eigenvalue weighted by atomic mass is 35.5. The zero-order valence-electron chi connectivity index (χ0n) is 9.50. The van der Waals surface area contributed by atoms with E-state index >= 15 is 0 Å². The van der Waals surface area contributed by atoms with Gasteiger partial charge in [-0.2, -0.15) is 0 Å². The van der Waals surface area contributed by atoms with Gasteiger partial charge in [0, 0.05) is 11.5 Å². The standard InChI is InChI=1S/C10H18ClN3/c1-6-7(2)14-8(10(3,4)5)12-13-9(14)11/h7H,6H2,1-5H3. The number of rotatable bonds is 2. The van der Waals surface area contributed by atoms with Crippen LogP contribution in [0, 0.1) is 0 Å². The Bertz CT molecular complexity index is 312. The molecule has 0 bridgehead atoms. The molecule has 0 saturated heterocycles. The zero-order valence-corrected chi connectivity index (χ0v) is 10.3. The highest BCUT2D eigenvalue weighted by Crippen LogP contribution is 2.27. The maximum absolute atomic E-state index is 6.01. The molecular formula is C10H18ClN3. The van der Waals surface area contributed by atoms with Crippen molar-refractivity contribution in [3.8, 4) is 0 Å². The van der Waals surface area contributed by atoms with Gasteiger partial charge in [-0.1, -0.05) is 27.7 Å². The molecule has 0 fully saturated rings. The Labute approximate surface area is 90.5 Å². The molecule has 4 heteroatoms. The molecule has 0 aliphatic rings. The predicted molar refractivity (Wildman–Crippen MR) is 58.7 cm³/mol. The molecule has 0 amide bonds. The van der Waals surface area contributed by atoms with Gasteiger partial charge in [0.25, 0.3) is 0 Å². The fourth-order valence-corrected chi connectivity index (χ4v) is 1.64. The number of halogens is 1. The third-order valence-corrected chi connectivity index (χ3v) is 2.61. The summed E-state index contributed by atoms with van der Waals surface area (Å²) < 4.78 is 2.02. The lowest BCUT2D eigenvalue weighted by atomic mass is 9.95. The second kappa shape index (κ2) is 3.89. The summed E-state index contributed by atoms with van der Waals surface area (Å²) in [6, 6.07) is 0.353. The average molecular weight is 216 g/mol. The first-order valence-electron chi connectivity index (χ1n) is 4.98. The van der Waals surface area contributed by atoms with E-state index in [1.54, 1.807) is 0 Å². The van der Waals surface area contributed by atoms with Crippen molar-refractivity contribution in [1.82, 2.24) is 14.8 Å². The van der Waals surface area contributed by atoms with E-state index in [0.29, 0.717) is 11.3 Å². The number of hydrogen-bond donors (Lipinski definition) is 0. The molecule has 0 aliphatic heterocycles. The summed E-state index contributed by atoms with van der Waals surface area (Å²) in [5.74, 6) is 0.955. The molecule has 14 heavy (non-hydrogen) atoms. The van der Waals surface area contributed by atoms with Crippen LogP contribution in [-0.2, 0) is 5.41 Å².